The SMILES string of the molecule is CC(C)c1ccc(/C=C(/NC(=O)C(C)(C)C)C(=O)Nc2ccc(Cl)cc2Cl)cc1. The number of halogens is 2. The Hall–Kier alpha value is -2.30. The van der Waals surface area contributed by atoms with Crippen LogP contribution < -0.4 is 10.6 Å². The van der Waals surface area contributed by atoms with E-state index >= 15 is 0 Å². The minimum atomic E-state index is -0.654. The van der Waals surface area contributed by atoms with E-state index in [0.29, 0.717) is 21.7 Å². The van der Waals surface area contributed by atoms with Gasteiger partial charge in [0.15, 0.2) is 0 Å². The molecule has 29 heavy (non-hydrogen) atoms. The average molecular weight is 433 g/mol. The van der Waals surface area contributed by atoms with Crippen molar-refractivity contribution in [3.8, 4) is 0 Å². The molecular weight excluding hydrogens is 407 g/mol. The van der Waals surface area contributed by atoms with Crippen molar-refractivity contribution in [2.75, 3.05) is 5.32 Å². The van der Waals surface area contributed by atoms with E-state index in [1.54, 1.807) is 45.0 Å². The molecule has 0 radical (unpaired) electrons. The maximum atomic E-state index is 12.9. The molecule has 0 spiro atoms. The van der Waals surface area contributed by atoms with Gasteiger partial charge in [0.1, 0.15) is 5.70 Å². The minimum absolute atomic E-state index is 0.133. The summed E-state index contributed by atoms with van der Waals surface area (Å²) in [5.41, 5.74) is 1.88. The van der Waals surface area contributed by atoms with Crippen molar-refractivity contribution in [2.24, 2.45) is 5.41 Å². The van der Waals surface area contributed by atoms with E-state index in [4.69, 9.17) is 23.2 Å². The Kier molecular flexibility index (Phi) is 7.50. The molecule has 0 fully saturated rings. The van der Waals surface area contributed by atoms with Gasteiger partial charge in [-0.25, -0.2) is 0 Å². The number of rotatable bonds is 5. The van der Waals surface area contributed by atoms with E-state index in [2.05, 4.69) is 24.5 Å². The number of amides is 2. The van der Waals surface area contributed by atoms with Gasteiger partial charge in [-0.15, -0.1) is 0 Å². The number of hydrogen-bond acceptors (Lipinski definition) is 2. The lowest BCUT2D eigenvalue weighted by Gasteiger charge is -2.19. The van der Waals surface area contributed by atoms with Gasteiger partial charge >= 0.3 is 0 Å². The van der Waals surface area contributed by atoms with Gasteiger partial charge in [-0.05, 0) is 41.3 Å². The molecule has 2 aromatic carbocycles. The first-order valence-electron chi connectivity index (χ1n) is 9.37. The molecule has 2 amide bonds. The Morgan fingerprint density at radius 1 is 1.00 bits per heavy atom. The van der Waals surface area contributed by atoms with Crippen molar-refractivity contribution >= 4 is 46.8 Å². The molecule has 2 N–H and O–H groups in total. The Bertz CT molecular complexity index is 927. The molecule has 0 aliphatic rings. The highest BCUT2D eigenvalue weighted by Crippen LogP contribution is 2.26. The van der Waals surface area contributed by atoms with E-state index in [1.165, 1.54) is 5.56 Å². The number of carbonyl (C=O) groups excluding carboxylic acids is 2. The molecule has 2 rings (SSSR count). The number of benzene rings is 2. The zero-order chi connectivity index (χ0) is 21.8. The fraction of sp³-hybridized carbons (Fsp3) is 0.304. The number of nitrogens with one attached hydrogen (secondary N) is 2. The smallest absolute Gasteiger partial charge is 0.272 e. The lowest BCUT2D eigenvalue weighted by molar-refractivity contribution is -0.128. The second-order valence-corrected chi connectivity index (χ2v) is 9.01. The fourth-order valence-corrected chi connectivity index (χ4v) is 2.85. The average Bonchev–Trinajstić information content (AvgIpc) is 2.63. The van der Waals surface area contributed by atoms with Crippen LogP contribution in [0.25, 0.3) is 6.08 Å². The van der Waals surface area contributed by atoms with Crippen molar-refractivity contribution in [3.63, 3.8) is 0 Å². The van der Waals surface area contributed by atoms with E-state index in [-0.39, 0.29) is 11.6 Å². The standard InChI is InChI=1S/C23H26Cl2N2O2/c1-14(2)16-8-6-15(7-9-16)12-20(27-22(29)23(3,4)5)21(28)26-19-11-10-17(24)13-18(19)25/h6-14H,1-5H3,(H,26,28)(H,27,29)/b20-12+. The summed E-state index contributed by atoms with van der Waals surface area (Å²) in [7, 11) is 0. The molecule has 2 aromatic rings. The van der Waals surface area contributed by atoms with Crippen LogP contribution >= 0.6 is 23.2 Å². The predicted octanol–water partition coefficient (Wildman–Crippen LogP) is 6.26. The molecule has 6 heteroatoms. The number of hydrogen-bond donors (Lipinski definition) is 2. The number of carbonyl (C=O) groups is 2. The van der Waals surface area contributed by atoms with Crippen LogP contribution in [0.1, 0.15) is 51.7 Å². The monoisotopic (exact) mass is 432 g/mol. The summed E-state index contributed by atoms with van der Waals surface area (Å²) in [6, 6.07) is 12.6. The largest absolute Gasteiger partial charge is 0.321 e. The lowest BCUT2D eigenvalue weighted by atomic mass is 9.95. The third-order valence-electron chi connectivity index (χ3n) is 4.27. The molecule has 0 saturated heterocycles. The highest BCUT2D eigenvalue weighted by molar-refractivity contribution is 6.36. The van der Waals surface area contributed by atoms with Crippen LogP contribution in [0, 0.1) is 5.41 Å². The predicted molar refractivity (Wildman–Crippen MR) is 121 cm³/mol. The summed E-state index contributed by atoms with van der Waals surface area (Å²) in [5, 5.41) is 6.25. The maximum Gasteiger partial charge on any atom is 0.272 e. The van der Waals surface area contributed by atoms with Crippen LogP contribution in [-0.2, 0) is 9.59 Å². The Balaban J connectivity index is 2.35. The molecule has 0 heterocycles. The van der Waals surface area contributed by atoms with E-state index in [1.807, 2.05) is 24.3 Å². The van der Waals surface area contributed by atoms with Crippen molar-refractivity contribution < 1.29 is 9.59 Å². The minimum Gasteiger partial charge on any atom is -0.321 e. The van der Waals surface area contributed by atoms with Gasteiger partial charge in [0, 0.05) is 10.4 Å². The summed E-state index contributed by atoms with van der Waals surface area (Å²) < 4.78 is 0. The summed E-state index contributed by atoms with van der Waals surface area (Å²) in [4.78, 5) is 25.4. The van der Waals surface area contributed by atoms with E-state index in [9.17, 15) is 9.59 Å². The zero-order valence-corrected chi connectivity index (χ0v) is 18.8. The summed E-state index contributed by atoms with van der Waals surface area (Å²) >= 11 is 12.1. The summed E-state index contributed by atoms with van der Waals surface area (Å²) in [6.07, 6.45) is 1.65. The van der Waals surface area contributed by atoms with Crippen LogP contribution in [0.3, 0.4) is 0 Å². The van der Waals surface area contributed by atoms with Gasteiger partial charge in [-0.2, -0.15) is 0 Å². The molecule has 0 bridgehead atoms. The van der Waals surface area contributed by atoms with Crippen molar-refractivity contribution in [3.05, 3.63) is 69.3 Å². The first-order valence-corrected chi connectivity index (χ1v) is 10.1. The molecule has 154 valence electrons. The number of anilines is 1. The van der Waals surface area contributed by atoms with E-state index < -0.39 is 11.3 Å². The highest BCUT2D eigenvalue weighted by Gasteiger charge is 2.24. The van der Waals surface area contributed by atoms with Gasteiger partial charge in [-0.3, -0.25) is 9.59 Å². The second-order valence-electron chi connectivity index (χ2n) is 8.16. The molecule has 0 atom stereocenters. The first-order chi connectivity index (χ1) is 13.5. The van der Waals surface area contributed by atoms with Gasteiger partial charge in [0.05, 0.1) is 10.7 Å². The quantitative estimate of drug-likeness (QED) is 0.547. The molecule has 0 aliphatic heterocycles. The van der Waals surface area contributed by atoms with E-state index in [0.717, 1.165) is 5.56 Å². The Morgan fingerprint density at radius 3 is 2.14 bits per heavy atom. The Labute approximate surface area is 182 Å². The third-order valence-corrected chi connectivity index (χ3v) is 4.82. The van der Waals surface area contributed by atoms with Crippen molar-refractivity contribution in [2.45, 2.75) is 40.5 Å². The van der Waals surface area contributed by atoms with Gasteiger partial charge in [0.2, 0.25) is 5.91 Å². The molecular formula is C23H26Cl2N2O2. The van der Waals surface area contributed by atoms with Crippen LogP contribution in [0.5, 0.6) is 0 Å². The summed E-state index contributed by atoms with van der Waals surface area (Å²) in [6.45, 7) is 9.58. The molecule has 4 nitrogen and oxygen atoms in total. The van der Waals surface area contributed by atoms with Crippen LogP contribution in [0.2, 0.25) is 10.0 Å². The molecule has 0 aromatic heterocycles. The first kappa shape index (κ1) is 23.0. The molecule has 0 unspecified atom stereocenters. The van der Waals surface area contributed by atoms with Crippen LogP contribution in [0.4, 0.5) is 5.69 Å². The Morgan fingerprint density at radius 2 is 1.62 bits per heavy atom. The summed E-state index contributed by atoms with van der Waals surface area (Å²) in [5.74, 6) is -0.330. The lowest BCUT2D eigenvalue weighted by Crippen LogP contribution is -2.38. The zero-order valence-electron chi connectivity index (χ0n) is 17.3. The van der Waals surface area contributed by atoms with Gasteiger partial charge in [-0.1, -0.05) is 82.1 Å². The van der Waals surface area contributed by atoms with Crippen LogP contribution in [-0.4, -0.2) is 11.8 Å². The maximum absolute atomic E-state index is 12.9. The topological polar surface area (TPSA) is 58.2 Å². The molecule has 0 saturated carbocycles. The fourth-order valence-electron chi connectivity index (χ4n) is 2.39. The van der Waals surface area contributed by atoms with Gasteiger partial charge < -0.3 is 10.6 Å². The highest BCUT2D eigenvalue weighted by atomic mass is 35.5. The molecule has 0 aliphatic carbocycles. The van der Waals surface area contributed by atoms with Crippen molar-refractivity contribution in [1.29, 1.82) is 0 Å². The third kappa shape index (κ3) is 6.62. The van der Waals surface area contributed by atoms with Crippen LogP contribution in [0.15, 0.2) is 48.2 Å². The van der Waals surface area contributed by atoms with Crippen molar-refractivity contribution in [1.82, 2.24) is 5.32 Å². The van der Waals surface area contributed by atoms with Gasteiger partial charge in [0.25, 0.3) is 5.91 Å². The normalized spacial score (nSPS) is 12.1. The second kappa shape index (κ2) is 9.47.